The quantitative estimate of drug-likeness (QED) is 0.387. The van der Waals surface area contributed by atoms with Crippen molar-refractivity contribution in [1.82, 2.24) is 9.88 Å². The molecule has 0 unspecified atom stereocenters. The van der Waals surface area contributed by atoms with E-state index in [0.29, 0.717) is 24.1 Å². The van der Waals surface area contributed by atoms with Crippen molar-refractivity contribution in [1.29, 1.82) is 0 Å². The summed E-state index contributed by atoms with van der Waals surface area (Å²) in [6.07, 6.45) is -2.02. The molecule has 0 saturated carbocycles. The maximum atomic E-state index is 13.6. The highest BCUT2D eigenvalue weighted by Gasteiger charge is 2.34. The lowest BCUT2D eigenvalue weighted by molar-refractivity contribution is -0.137. The fraction of sp³-hybridized carbons (Fsp3) is 0.154. The zero-order valence-corrected chi connectivity index (χ0v) is 17.0. The van der Waals surface area contributed by atoms with Gasteiger partial charge in [0.2, 0.25) is 0 Å². The summed E-state index contributed by atoms with van der Waals surface area (Å²) in [5.74, 6) is -0.157. The van der Waals surface area contributed by atoms with Crippen LogP contribution in [0.1, 0.15) is 38.7 Å². The number of pyridine rings is 1. The molecule has 1 aromatic heterocycles. The number of nitrogens with zero attached hydrogens (tertiary/aromatic N) is 2. The third-order valence-corrected chi connectivity index (χ3v) is 5.95. The second-order valence-corrected chi connectivity index (χ2v) is 7.88. The summed E-state index contributed by atoms with van der Waals surface area (Å²) in [7, 11) is 0. The zero-order valence-electron chi connectivity index (χ0n) is 17.0. The minimum atomic E-state index is -4.41. The van der Waals surface area contributed by atoms with Gasteiger partial charge in [0.15, 0.2) is 0 Å². The summed E-state index contributed by atoms with van der Waals surface area (Å²) in [4.78, 5) is 19.6. The molecule has 4 aromatic rings. The van der Waals surface area contributed by atoms with Crippen LogP contribution in [0.5, 0.6) is 0 Å². The number of aromatic nitrogens is 1. The van der Waals surface area contributed by atoms with Crippen LogP contribution in [0, 0.1) is 0 Å². The fourth-order valence-electron chi connectivity index (χ4n) is 4.37. The number of halogens is 3. The van der Waals surface area contributed by atoms with E-state index in [1.165, 1.54) is 12.1 Å². The van der Waals surface area contributed by atoms with Crippen molar-refractivity contribution in [2.45, 2.75) is 18.6 Å². The average Bonchev–Trinajstić information content (AvgIpc) is 2.82. The molecule has 5 rings (SSSR count). The maximum absolute atomic E-state index is 13.6. The topological polar surface area (TPSA) is 33.2 Å². The molecule has 0 aliphatic carbocycles. The Morgan fingerprint density at radius 2 is 1.72 bits per heavy atom. The highest BCUT2D eigenvalue weighted by atomic mass is 19.4. The van der Waals surface area contributed by atoms with Gasteiger partial charge in [-0.1, -0.05) is 42.5 Å². The summed E-state index contributed by atoms with van der Waals surface area (Å²) in [5.41, 5.74) is 3.32. The van der Waals surface area contributed by atoms with Gasteiger partial charge < -0.3 is 4.90 Å². The van der Waals surface area contributed by atoms with E-state index in [4.69, 9.17) is 0 Å². The third-order valence-electron chi connectivity index (χ3n) is 5.95. The van der Waals surface area contributed by atoms with Crippen LogP contribution in [0.3, 0.4) is 0 Å². The second-order valence-electron chi connectivity index (χ2n) is 7.88. The number of hydrogen-bond acceptors (Lipinski definition) is 2. The maximum Gasteiger partial charge on any atom is 0.416 e. The number of carbonyl (C=O) groups excluding carboxylic acids is 1. The van der Waals surface area contributed by atoms with Gasteiger partial charge in [0.05, 0.1) is 17.1 Å². The molecule has 0 spiro atoms. The molecule has 1 amide bonds. The van der Waals surface area contributed by atoms with Crippen LogP contribution in [-0.2, 0) is 12.6 Å². The minimum Gasteiger partial charge on any atom is -0.327 e. The van der Waals surface area contributed by atoms with Gasteiger partial charge in [0.1, 0.15) is 0 Å². The first-order valence-corrected chi connectivity index (χ1v) is 10.3. The predicted octanol–water partition coefficient (Wildman–Crippen LogP) is 6.04. The normalized spacial score (nSPS) is 16.1. The molecule has 6 heteroatoms. The van der Waals surface area contributed by atoms with E-state index in [2.05, 4.69) is 4.98 Å². The van der Waals surface area contributed by atoms with E-state index in [1.54, 1.807) is 17.2 Å². The van der Waals surface area contributed by atoms with Crippen molar-refractivity contribution in [3.8, 4) is 0 Å². The van der Waals surface area contributed by atoms with Crippen LogP contribution < -0.4 is 0 Å². The van der Waals surface area contributed by atoms with Crippen LogP contribution in [0.4, 0.5) is 13.2 Å². The first-order valence-electron chi connectivity index (χ1n) is 10.3. The Hall–Kier alpha value is -3.67. The average molecular weight is 432 g/mol. The fourth-order valence-corrected chi connectivity index (χ4v) is 4.37. The van der Waals surface area contributed by atoms with Crippen molar-refractivity contribution in [2.24, 2.45) is 0 Å². The van der Waals surface area contributed by atoms with Crippen LogP contribution in [0.2, 0.25) is 0 Å². The van der Waals surface area contributed by atoms with E-state index in [9.17, 15) is 18.0 Å². The van der Waals surface area contributed by atoms with Gasteiger partial charge >= 0.3 is 6.18 Å². The van der Waals surface area contributed by atoms with E-state index >= 15 is 0 Å². The number of alkyl halides is 3. The number of benzene rings is 3. The Kier molecular flexibility index (Phi) is 4.93. The summed E-state index contributed by atoms with van der Waals surface area (Å²) >= 11 is 0. The van der Waals surface area contributed by atoms with Crippen LogP contribution >= 0.6 is 0 Å². The number of fused-ring (bicyclic) bond motifs is 2. The molecule has 160 valence electrons. The van der Waals surface area contributed by atoms with Crippen molar-refractivity contribution in [2.75, 3.05) is 6.54 Å². The Morgan fingerprint density at radius 1 is 0.938 bits per heavy atom. The molecule has 0 saturated heterocycles. The molecule has 3 nitrogen and oxygen atoms in total. The molecule has 32 heavy (non-hydrogen) atoms. The molecule has 1 atom stereocenters. The van der Waals surface area contributed by atoms with Gasteiger partial charge in [-0.25, -0.2) is 0 Å². The molecule has 0 N–H and O–H groups in total. The van der Waals surface area contributed by atoms with Crippen molar-refractivity contribution >= 4 is 16.8 Å². The third kappa shape index (κ3) is 3.62. The van der Waals surface area contributed by atoms with E-state index in [0.717, 1.165) is 34.2 Å². The van der Waals surface area contributed by atoms with Crippen LogP contribution in [-0.4, -0.2) is 22.3 Å². The predicted molar refractivity (Wildman–Crippen MR) is 116 cm³/mol. The van der Waals surface area contributed by atoms with Gasteiger partial charge in [-0.05, 0) is 59.5 Å². The van der Waals surface area contributed by atoms with Gasteiger partial charge in [0.25, 0.3) is 5.91 Å². The smallest absolute Gasteiger partial charge is 0.327 e. The highest BCUT2D eigenvalue weighted by molar-refractivity contribution is 5.98. The van der Waals surface area contributed by atoms with E-state index < -0.39 is 17.8 Å². The molecular formula is C26H19F3N2O. The van der Waals surface area contributed by atoms with Gasteiger partial charge in [-0.3, -0.25) is 9.78 Å². The Balaban J connectivity index is 1.57. The molecule has 0 radical (unpaired) electrons. The first kappa shape index (κ1) is 20.2. The van der Waals surface area contributed by atoms with Crippen LogP contribution in [0.25, 0.3) is 10.9 Å². The molecule has 1 aliphatic heterocycles. The number of carbonyl (C=O) groups is 1. The van der Waals surface area contributed by atoms with Crippen molar-refractivity contribution in [3.05, 3.63) is 113 Å². The Labute approximate surface area is 183 Å². The summed E-state index contributed by atoms with van der Waals surface area (Å²) in [6.45, 7) is 0.479. The van der Waals surface area contributed by atoms with Crippen molar-refractivity contribution in [3.63, 3.8) is 0 Å². The van der Waals surface area contributed by atoms with Gasteiger partial charge in [-0.2, -0.15) is 13.2 Å². The van der Waals surface area contributed by atoms with E-state index in [1.807, 2.05) is 48.5 Å². The summed E-state index contributed by atoms with van der Waals surface area (Å²) < 4.78 is 39.3. The van der Waals surface area contributed by atoms with Crippen molar-refractivity contribution < 1.29 is 18.0 Å². The number of hydrogen-bond donors (Lipinski definition) is 0. The largest absolute Gasteiger partial charge is 0.416 e. The number of amides is 1. The molecule has 1 aliphatic rings. The molecule has 3 aromatic carbocycles. The highest BCUT2D eigenvalue weighted by Crippen LogP contribution is 2.38. The second kappa shape index (κ2) is 7.79. The first-order chi connectivity index (χ1) is 15.4. The lowest BCUT2D eigenvalue weighted by atomic mass is 9.87. The standard InChI is InChI=1S/C26H19F3N2O/c27-26(28,29)21-10-7-18(8-11-21)24-22-6-2-1-4-17(22)13-15-31(24)25(32)20-9-12-23-19(16-20)5-3-14-30-23/h1-12,14,16,24H,13,15H2/t24-/m1/s1. The molecule has 2 heterocycles. The van der Waals surface area contributed by atoms with E-state index in [-0.39, 0.29) is 5.91 Å². The monoisotopic (exact) mass is 432 g/mol. The van der Waals surface area contributed by atoms with Gasteiger partial charge in [0, 0.05) is 23.7 Å². The lowest BCUT2D eigenvalue weighted by Gasteiger charge is -2.38. The lowest BCUT2D eigenvalue weighted by Crippen LogP contribution is -2.40. The number of rotatable bonds is 2. The SMILES string of the molecule is O=C(c1ccc2ncccc2c1)N1CCc2ccccc2[C@H]1c1ccc(C(F)(F)F)cc1. The van der Waals surface area contributed by atoms with Gasteiger partial charge in [-0.15, -0.1) is 0 Å². The zero-order chi connectivity index (χ0) is 22.3. The minimum absolute atomic E-state index is 0.157. The molecular weight excluding hydrogens is 413 g/mol. The van der Waals surface area contributed by atoms with Crippen LogP contribution in [0.15, 0.2) is 85.1 Å². The summed E-state index contributed by atoms with van der Waals surface area (Å²) in [5, 5.41) is 0.863. The summed E-state index contributed by atoms with van der Waals surface area (Å²) in [6, 6.07) is 21.5. The molecule has 0 fully saturated rings. The Bertz CT molecular complexity index is 1300. The molecule has 0 bridgehead atoms. The Morgan fingerprint density at radius 3 is 2.50 bits per heavy atom.